The molecule has 1 saturated heterocycles. The summed E-state index contributed by atoms with van der Waals surface area (Å²) in [5.41, 5.74) is 3.62. The monoisotopic (exact) mass is 366 g/mol. The van der Waals surface area contributed by atoms with Gasteiger partial charge >= 0.3 is 0 Å². The van der Waals surface area contributed by atoms with E-state index in [9.17, 15) is 9.18 Å². The molecule has 2 heterocycles. The highest BCUT2D eigenvalue weighted by Crippen LogP contribution is 2.25. The Labute approximate surface area is 157 Å². The average Bonchev–Trinajstić information content (AvgIpc) is 3.10. The van der Waals surface area contributed by atoms with E-state index in [4.69, 9.17) is 0 Å². The van der Waals surface area contributed by atoms with Crippen molar-refractivity contribution in [3.8, 4) is 0 Å². The summed E-state index contributed by atoms with van der Waals surface area (Å²) in [4.78, 5) is 16.0. The van der Waals surface area contributed by atoms with E-state index in [1.165, 1.54) is 12.1 Å². The molecule has 1 aliphatic heterocycles. The van der Waals surface area contributed by atoms with Crippen molar-refractivity contribution >= 4 is 22.9 Å². The van der Waals surface area contributed by atoms with Crippen molar-refractivity contribution in [2.24, 2.45) is 0 Å². The van der Waals surface area contributed by atoms with E-state index in [1.54, 1.807) is 0 Å². The maximum absolute atomic E-state index is 13.0. The van der Waals surface area contributed by atoms with Crippen LogP contribution >= 0.6 is 0 Å². The first-order chi connectivity index (χ1) is 13.1. The van der Waals surface area contributed by atoms with E-state index < -0.39 is 0 Å². The number of carbonyl (C=O) groups is 1. The Morgan fingerprint density at radius 3 is 2.78 bits per heavy atom. The number of carbonyl (C=O) groups excluding carboxylic acids is 1. The fourth-order valence-corrected chi connectivity index (χ4v) is 3.79. The van der Waals surface area contributed by atoms with Crippen molar-refractivity contribution in [2.75, 3.05) is 31.1 Å². The largest absolute Gasteiger partial charge is 0.369 e. The van der Waals surface area contributed by atoms with Crippen LogP contribution in [0.4, 0.5) is 10.1 Å². The van der Waals surface area contributed by atoms with Crippen LogP contribution in [0.2, 0.25) is 0 Å². The van der Waals surface area contributed by atoms with Gasteiger partial charge in [0.15, 0.2) is 6.29 Å². The maximum Gasteiger partial charge on any atom is 0.168 e. The molecule has 1 aromatic heterocycles. The van der Waals surface area contributed by atoms with Gasteiger partial charge in [-0.05, 0) is 49.2 Å². The minimum Gasteiger partial charge on any atom is -0.369 e. The number of hydrogen-bond donors (Lipinski definition) is 1. The number of nitrogens with zero attached hydrogens (tertiary/aromatic N) is 3. The van der Waals surface area contributed by atoms with Crippen LogP contribution in [-0.4, -0.2) is 53.6 Å². The summed E-state index contributed by atoms with van der Waals surface area (Å²) in [6.45, 7) is 6.06. The van der Waals surface area contributed by atoms with Crippen molar-refractivity contribution in [1.82, 2.24) is 15.1 Å². The molecule has 0 amide bonds. The molecule has 0 saturated carbocycles. The molecule has 5 nitrogen and oxygen atoms in total. The number of rotatable bonds is 5. The van der Waals surface area contributed by atoms with Crippen molar-refractivity contribution in [3.05, 3.63) is 59.5 Å². The summed E-state index contributed by atoms with van der Waals surface area (Å²) in [6.07, 6.45) is 1.74. The number of nitrogens with one attached hydrogen (secondary N) is 1. The van der Waals surface area contributed by atoms with Crippen molar-refractivity contribution in [3.63, 3.8) is 0 Å². The number of aldehydes is 1. The van der Waals surface area contributed by atoms with E-state index in [1.807, 2.05) is 24.3 Å². The van der Waals surface area contributed by atoms with Gasteiger partial charge in [-0.15, -0.1) is 0 Å². The van der Waals surface area contributed by atoms with Gasteiger partial charge in [-0.2, -0.15) is 5.10 Å². The Balaban J connectivity index is 1.40. The van der Waals surface area contributed by atoms with Crippen LogP contribution in [0.3, 0.4) is 0 Å². The second-order valence-electron chi connectivity index (χ2n) is 7.16. The van der Waals surface area contributed by atoms with Crippen molar-refractivity contribution in [1.29, 1.82) is 0 Å². The third kappa shape index (κ3) is 3.71. The first-order valence-electron chi connectivity index (χ1n) is 9.31. The molecule has 27 heavy (non-hydrogen) atoms. The fraction of sp³-hybridized carbons (Fsp3) is 0.333. The predicted octanol–water partition coefficient (Wildman–Crippen LogP) is 3.27. The molecule has 4 rings (SSSR count). The molecule has 1 atom stereocenters. The number of hydrogen-bond acceptors (Lipinski definition) is 4. The molecule has 1 N–H and O–H groups in total. The highest BCUT2D eigenvalue weighted by molar-refractivity contribution is 5.96. The van der Waals surface area contributed by atoms with Gasteiger partial charge < -0.3 is 4.90 Å². The maximum atomic E-state index is 13.0. The van der Waals surface area contributed by atoms with Crippen molar-refractivity contribution < 1.29 is 9.18 Å². The van der Waals surface area contributed by atoms with Crippen LogP contribution in [-0.2, 0) is 6.42 Å². The van der Waals surface area contributed by atoms with Crippen LogP contribution < -0.4 is 4.90 Å². The SMILES string of the molecule is CC1CN(c2ccc3n[nH]c(C=O)c3c2)CCN1CCc1ccc(F)cc1. The van der Waals surface area contributed by atoms with Crippen LogP contribution in [0.15, 0.2) is 42.5 Å². The summed E-state index contributed by atoms with van der Waals surface area (Å²) < 4.78 is 13.0. The Hall–Kier alpha value is -2.73. The van der Waals surface area contributed by atoms with Gasteiger partial charge in [0.25, 0.3) is 0 Å². The predicted molar refractivity (Wildman–Crippen MR) is 105 cm³/mol. The molecule has 1 aliphatic rings. The van der Waals surface area contributed by atoms with Gasteiger partial charge in [-0.3, -0.25) is 14.8 Å². The summed E-state index contributed by atoms with van der Waals surface area (Å²) in [5, 5.41) is 7.80. The number of aromatic nitrogens is 2. The number of piperazine rings is 1. The Kier molecular flexibility index (Phi) is 4.90. The first-order valence-corrected chi connectivity index (χ1v) is 9.31. The zero-order valence-electron chi connectivity index (χ0n) is 15.4. The molecule has 140 valence electrons. The number of benzene rings is 2. The molecule has 0 radical (unpaired) electrons. The number of H-pyrrole nitrogens is 1. The summed E-state index contributed by atoms with van der Waals surface area (Å²) in [5.74, 6) is -0.187. The molecule has 0 aliphatic carbocycles. The van der Waals surface area contributed by atoms with Crippen LogP contribution in [0.25, 0.3) is 10.9 Å². The van der Waals surface area contributed by atoms with E-state index in [2.05, 4.69) is 33.0 Å². The van der Waals surface area contributed by atoms with Gasteiger partial charge in [0.1, 0.15) is 11.5 Å². The Morgan fingerprint density at radius 2 is 2.04 bits per heavy atom. The second kappa shape index (κ2) is 7.48. The standard InChI is InChI=1S/C21H23FN4O/c1-15-13-26(18-6-7-20-19(12-18)21(14-27)24-23-20)11-10-25(15)9-8-16-2-4-17(22)5-3-16/h2-7,12,14-15H,8-11,13H2,1H3,(H,23,24). The zero-order chi connectivity index (χ0) is 18.8. The van der Waals surface area contributed by atoms with Gasteiger partial charge in [0, 0.05) is 43.3 Å². The molecule has 0 bridgehead atoms. The highest BCUT2D eigenvalue weighted by atomic mass is 19.1. The van der Waals surface area contributed by atoms with Gasteiger partial charge in [-0.1, -0.05) is 12.1 Å². The van der Waals surface area contributed by atoms with Gasteiger partial charge in [0.05, 0.1) is 5.52 Å². The lowest BCUT2D eigenvalue weighted by Gasteiger charge is -2.41. The molecular weight excluding hydrogens is 343 g/mol. The summed E-state index contributed by atoms with van der Waals surface area (Å²) in [6, 6.07) is 13.3. The van der Waals surface area contributed by atoms with E-state index in [-0.39, 0.29) is 5.82 Å². The summed E-state index contributed by atoms with van der Waals surface area (Å²) in [7, 11) is 0. The number of anilines is 1. The minimum absolute atomic E-state index is 0.187. The van der Waals surface area contributed by atoms with Gasteiger partial charge in [0.2, 0.25) is 0 Å². The number of halogens is 1. The topological polar surface area (TPSA) is 52.2 Å². The van der Waals surface area contributed by atoms with Crippen LogP contribution in [0.1, 0.15) is 23.0 Å². The minimum atomic E-state index is -0.187. The molecular formula is C21H23FN4O. The fourth-order valence-electron chi connectivity index (χ4n) is 3.79. The molecule has 2 aromatic carbocycles. The summed E-state index contributed by atoms with van der Waals surface area (Å²) >= 11 is 0. The number of aromatic amines is 1. The Morgan fingerprint density at radius 1 is 1.22 bits per heavy atom. The highest BCUT2D eigenvalue weighted by Gasteiger charge is 2.24. The molecule has 1 fully saturated rings. The molecule has 3 aromatic rings. The molecule has 6 heteroatoms. The van der Waals surface area contributed by atoms with E-state index in [0.29, 0.717) is 11.7 Å². The second-order valence-corrected chi connectivity index (χ2v) is 7.16. The number of fused-ring (bicyclic) bond motifs is 1. The normalized spacial score (nSPS) is 18.1. The lowest BCUT2D eigenvalue weighted by molar-refractivity contribution is 0.112. The lowest BCUT2D eigenvalue weighted by Crippen LogP contribution is -2.52. The molecule has 1 unspecified atom stereocenters. The quantitative estimate of drug-likeness (QED) is 0.704. The smallest absolute Gasteiger partial charge is 0.168 e. The third-order valence-corrected chi connectivity index (χ3v) is 5.42. The lowest BCUT2D eigenvalue weighted by atomic mass is 10.1. The van der Waals surface area contributed by atoms with Crippen LogP contribution in [0.5, 0.6) is 0 Å². The first kappa shape index (κ1) is 17.7. The van der Waals surface area contributed by atoms with Gasteiger partial charge in [-0.25, -0.2) is 4.39 Å². The van der Waals surface area contributed by atoms with E-state index in [0.717, 1.165) is 61.0 Å². The average molecular weight is 366 g/mol. The van der Waals surface area contributed by atoms with E-state index >= 15 is 0 Å². The van der Waals surface area contributed by atoms with Crippen molar-refractivity contribution in [2.45, 2.75) is 19.4 Å². The third-order valence-electron chi connectivity index (χ3n) is 5.42. The Bertz CT molecular complexity index is 937. The van der Waals surface area contributed by atoms with Crippen LogP contribution in [0, 0.1) is 5.82 Å². The zero-order valence-corrected chi connectivity index (χ0v) is 15.4. The molecule has 0 spiro atoms.